The van der Waals surface area contributed by atoms with Gasteiger partial charge in [-0.05, 0) is 38.8 Å². The predicted molar refractivity (Wildman–Crippen MR) is 65.3 cm³/mol. The van der Waals surface area contributed by atoms with Gasteiger partial charge >= 0.3 is 0 Å². The summed E-state index contributed by atoms with van der Waals surface area (Å²) in [5.41, 5.74) is 5.99. The topological polar surface area (TPSA) is 62.4 Å². The summed E-state index contributed by atoms with van der Waals surface area (Å²) in [6.07, 6.45) is 3.62. The Balaban J connectivity index is 2.21. The van der Waals surface area contributed by atoms with E-state index in [4.69, 9.17) is 5.73 Å². The molecule has 1 aliphatic heterocycles. The summed E-state index contributed by atoms with van der Waals surface area (Å²) in [4.78, 5) is 6.28. The van der Waals surface area contributed by atoms with Gasteiger partial charge in [-0.1, -0.05) is 0 Å². The smallest absolute Gasteiger partial charge is 0.123 e. The normalized spacial score (nSPS) is 30.4. The highest BCUT2D eigenvalue weighted by Crippen LogP contribution is 2.29. The fourth-order valence-electron chi connectivity index (χ4n) is 2.19. The van der Waals surface area contributed by atoms with E-state index in [1.165, 1.54) is 0 Å². The van der Waals surface area contributed by atoms with Crippen molar-refractivity contribution in [1.29, 1.82) is 0 Å². The molecule has 4 heteroatoms. The monoisotopic (exact) mass is 221 g/mol. The second kappa shape index (κ2) is 3.94. The van der Waals surface area contributed by atoms with Crippen LogP contribution in [-0.2, 0) is 0 Å². The van der Waals surface area contributed by atoms with E-state index in [1.807, 2.05) is 13.0 Å². The number of nitrogens with two attached hydrogens (primary N) is 1. The summed E-state index contributed by atoms with van der Waals surface area (Å²) in [7, 11) is 0. The van der Waals surface area contributed by atoms with E-state index in [-0.39, 0.29) is 0 Å². The maximum atomic E-state index is 10.1. The molecular weight excluding hydrogens is 202 g/mol. The molecule has 2 rings (SSSR count). The maximum Gasteiger partial charge on any atom is 0.123 e. The van der Waals surface area contributed by atoms with Crippen molar-refractivity contribution >= 4 is 11.5 Å². The number of pyridine rings is 1. The molecule has 1 saturated heterocycles. The summed E-state index contributed by atoms with van der Waals surface area (Å²) in [5, 5.41) is 10.1. The van der Waals surface area contributed by atoms with Gasteiger partial charge in [-0.3, -0.25) is 0 Å². The molecule has 1 aromatic rings. The molecule has 1 aromatic heterocycles. The van der Waals surface area contributed by atoms with Crippen LogP contribution < -0.4 is 10.6 Å². The minimum Gasteiger partial charge on any atom is -0.388 e. The van der Waals surface area contributed by atoms with Crippen LogP contribution in [0.5, 0.6) is 0 Å². The van der Waals surface area contributed by atoms with Crippen LogP contribution in [0.4, 0.5) is 11.5 Å². The first-order valence-corrected chi connectivity index (χ1v) is 5.68. The zero-order valence-electron chi connectivity index (χ0n) is 9.85. The van der Waals surface area contributed by atoms with Crippen LogP contribution in [-0.4, -0.2) is 28.3 Å². The highest BCUT2D eigenvalue weighted by Gasteiger charge is 2.32. The summed E-state index contributed by atoms with van der Waals surface area (Å²) in [5.74, 6) is 0.528. The van der Waals surface area contributed by atoms with Crippen molar-refractivity contribution in [2.75, 3.05) is 17.2 Å². The Hall–Kier alpha value is -1.29. The van der Waals surface area contributed by atoms with Crippen LogP contribution in [0.25, 0.3) is 0 Å². The molecule has 0 spiro atoms. The van der Waals surface area contributed by atoms with Gasteiger partial charge in [0.05, 0.1) is 17.5 Å². The molecule has 0 amide bonds. The van der Waals surface area contributed by atoms with Crippen LogP contribution in [0.3, 0.4) is 0 Å². The van der Waals surface area contributed by atoms with Crippen LogP contribution in [0.2, 0.25) is 0 Å². The van der Waals surface area contributed by atoms with Crippen molar-refractivity contribution in [3.05, 3.63) is 18.3 Å². The van der Waals surface area contributed by atoms with Gasteiger partial charge in [0.25, 0.3) is 0 Å². The van der Waals surface area contributed by atoms with Gasteiger partial charge in [0.15, 0.2) is 0 Å². The number of rotatable bonds is 1. The molecule has 0 bridgehead atoms. The van der Waals surface area contributed by atoms with Gasteiger partial charge in [-0.25, -0.2) is 4.98 Å². The van der Waals surface area contributed by atoms with Crippen LogP contribution in [0, 0.1) is 0 Å². The highest BCUT2D eigenvalue weighted by molar-refractivity contribution is 5.49. The summed E-state index contributed by atoms with van der Waals surface area (Å²) < 4.78 is 0. The van der Waals surface area contributed by atoms with Gasteiger partial charge in [0.2, 0.25) is 0 Å². The standard InChI is InChI=1S/C12H19N3O/c1-9-5-6-12(2,16)8-15(9)10-3-4-11(13)14-7-10/h3-4,7,9,16H,5-6,8H2,1-2H3,(H2,13,14). The molecule has 2 unspecified atom stereocenters. The zero-order chi connectivity index (χ0) is 11.8. The Kier molecular flexibility index (Phi) is 2.76. The minimum absolute atomic E-state index is 0.436. The van der Waals surface area contributed by atoms with E-state index >= 15 is 0 Å². The Morgan fingerprint density at radius 2 is 2.31 bits per heavy atom. The molecule has 16 heavy (non-hydrogen) atoms. The summed E-state index contributed by atoms with van der Waals surface area (Å²) in [6, 6.07) is 4.19. The molecule has 0 aromatic carbocycles. The van der Waals surface area contributed by atoms with Crippen molar-refractivity contribution in [2.24, 2.45) is 0 Å². The first-order chi connectivity index (χ1) is 7.48. The van der Waals surface area contributed by atoms with Crippen molar-refractivity contribution < 1.29 is 5.11 Å². The third kappa shape index (κ3) is 2.27. The lowest BCUT2D eigenvalue weighted by Gasteiger charge is -2.42. The first kappa shape index (κ1) is 11.2. The largest absolute Gasteiger partial charge is 0.388 e. The number of hydrogen-bond donors (Lipinski definition) is 2. The maximum absolute atomic E-state index is 10.1. The Morgan fingerprint density at radius 1 is 1.56 bits per heavy atom. The molecule has 0 saturated carbocycles. The van der Waals surface area contributed by atoms with E-state index in [0.717, 1.165) is 18.5 Å². The average Bonchev–Trinajstić information content (AvgIpc) is 2.23. The molecule has 0 radical (unpaired) electrons. The van der Waals surface area contributed by atoms with Gasteiger partial charge in [0, 0.05) is 12.6 Å². The number of nitrogen functional groups attached to an aromatic ring is 1. The molecule has 88 valence electrons. The predicted octanol–water partition coefficient (Wildman–Crippen LogP) is 1.40. The SMILES string of the molecule is CC1CCC(C)(O)CN1c1ccc(N)nc1. The number of piperidine rings is 1. The van der Waals surface area contributed by atoms with E-state index in [0.29, 0.717) is 18.4 Å². The van der Waals surface area contributed by atoms with Crippen LogP contribution in [0.1, 0.15) is 26.7 Å². The van der Waals surface area contributed by atoms with Gasteiger partial charge < -0.3 is 15.7 Å². The Bertz CT molecular complexity index is 361. The molecule has 2 atom stereocenters. The quantitative estimate of drug-likeness (QED) is 0.752. The van der Waals surface area contributed by atoms with E-state index in [9.17, 15) is 5.11 Å². The fourth-order valence-corrected chi connectivity index (χ4v) is 2.19. The van der Waals surface area contributed by atoms with Crippen LogP contribution in [0.15, 0.2) is 18.3 Å². The third-order valence-electron chi connectivity index (χ3n) is 3.25. The lowest BCUT2D eigenvalue weighted by Crippen LogP contribution is -2.50. The van der Waals surface area contributed by atoms with E-state index < -0.39 is 5.60 Å². The van der Waals surface area contributed by atoms with Gasteiger partial charge in [-0.2, -0.15) is 0 Å². The first-order valence-electron chi connectivity index (χ1n) is 5.68. The number of aromatic nitrogens is 1. The highest BCUT2D eigenvalue weighted by atomic mass is 16.3. The van der Waals surface area contributed by atoms with Crippen molar-refractivity contribution in [3.8, 4) is 0 Å². The average molecular weight is 221 g/mol. The molecule has 4 nitrogen and oxygen atoms in total. The lowest BCUT2D eigenvalue weighted by atomic mass is 9.90. The van der Waals surface area contributed by atoms with Crippen molar-refractivity contribution in [3.63, 3.8) is 0 Å². The van der Waals surface area contributed by atoms with Crippen molar-refractivity contribution in [2.45, 2.75) is 38.3 Å². The number of aliphatic hydroxyl groups is 1. The van der Waals surface area contributed by atoms with Crippen molar-refractivity contribution in [1.82, 2.24) is 4.98 Å². The number of nitrogens with zero attached hydrogens (tertiary/aromatic N) is 2. The molecule has 1 fully saturated rings. The van der Waals surface area contributed by atoms with E-state index in [2.05, 4.69) is 16.8 Å². The minimum atomic E-state index is -0.603. The van der Waals surface area contributed by atoms with Crippen LogP contribution >= 0.6 is 0 Å². The second-order valence-electron chi connectivity index (χ2n) is 4.95. The lowest BCUT2D eigenvalue weighted by molar-refractivity contribution is 0.0378. The summed E-state index contributed by atoms with van der Waals surface area (Å²) >= 11 is 0. The molecule has 0 aliphatic carbocycles. The molecule has 1 aliphatic rings. The number of hydrogen-bond acceptors (Lipinski definition) is 4. The molecule has 2 heterocycles. The third-order valence-corrected chi connectivity index (χ3v) is 3.25. The molecular formula is C12H19N3O. The Morgan fingerprint density at radius 3 is 2.94 bits per heavy atom. The Labute approximate surface area is 96.1 Å². The molecule has 3 N–H and O–H groups in total. The van der Waals surface area contributed by atoms with Gasteiger partial charge in [-0.15, -0.1) is 0 Å². The van der Waals surface area contributed by atoms with Gasteiger partial charge in [0.1, 0.15) is 5.82 Å². The zero-order valence-corrected chi connectivity index (χ0v) is 9.85. The van der Waals surface area contributed by atoms with E-state index in [1.54, 1.807) is 12.3 Å². The number of anilines is 2. The summed E-state index contributed by atoms with van der Waals surface area (Å²) in [6.45, 7) is 4.71. The second-order valence-corrected chi connectivity index (χ2v) is 4.95. The fraction of sp³-hybridized carbons (Fsp3) is 0.583. The number of β-amino-alcohol motifs (C(OH)–C–C–N with tert-alkyl or cyclic N) is 1.